The predicted molar refractivity (Wildman–Crippen MR) is 121 cm³/mol. The molecule has 1 aromatic rings. The van der Waals surface area contributed by atoms with Crippen LogP contribution in [0.25, 0.3) is 0 Å². The first-order valence-electron chi connectivity index (χ1n) is 11.8. The summed E-state index contributed by atoms with van der Waals surface area (Å²) in [6.45, 7) is 6.86. The maximum atomic E-state index is 4.49. The zero-order valence-corrected chi connectivity index (χ0v) is 18.2. The van der Waals surface area contributed by atoms with Gasteiger partial charge in [0, 0.05) is 45.3 Å². The van der Waals surface area contributed by atoms with E-state index in [1.165, 1.54) is 88.7 Å². The summed E-state index contributed by atoms with van der Waals surface area (Å²) < 4.78 is 0. The summed E-state index contributed by atoms with van der Waals surface area (Å²) in [5.41, 5.74) is 2.85. The summed E-state index contributed by atoms with van der Waals surface area (Å²) in [5, 5.41) is 7.24. The predicted octanol–water partition coefficient (Wildman–Crippen LogP) is 3.35. The van der Waals surface area contributed by atoms with E-state index in [0.29, 0.717) is 6.04 Å². The number of piperidine rings is 1. The Labute approximate surface area is 176 Å². The van der Waals surface area contributed by atoms with Crippen LogP contribution in [0.2, 0.25) is 0 Å². The lowest BCUT2D eigenvalue weighted by Gasteiger charge is -2.33. The molecule has 5 heteroatoms. The second-order valence-corrected chi connectivity index (χ2v) is 9.07. The maximum Gasteiger partial charge on any atom is 0.191 e. The minimum absolute atomic E-state index is 0.545. The zero-order valence-electron chi connectivity index (χ0n) is 18.2. The Morgan fingerprint density at radius 3 is 2.28 bits per heavy atom. The summed E-state index contributed by atoms with van der Waals surface area (Å²) in [7, 11) is 1.89. The van der Waals surface area contributed by atoms with E-state index in [0.717, 1.165) is 25.1 Å². The fraction of sp³-hybridized carbons (Fsp3) is 0.708. The molecular weight excluding hydrogens is 358 g/mol. The number of likely N-dealkylation sites (tertiary alicyclic amines) is 2. The number of benzene rings is 1. The maximum absolute atomic E-state index is 4.49. The van der Waals surface area contributed by atoms with E-state index in [1.54, 1.807) is 0 Å². The molecule has 0 aromatic heterocycles. The smallest absolute Gasteiger partial charge is 0.191 e. The molecular formula is C24H39N5. The van der Waals surface area contributed by atoms with Gasteiger partial charge in [-0.2, -0.15) is 0 Å². The van der Waals surface area contributed by atoms with Crippen LogP contribution in [0.4, 0.5) is 0 Å². The molecule has 2 N–H and O–H groups in total. The van der Waals surface area contributed by atoms with Crippen molar-refractivity contribution >= 4 is 5.96 Å². The number of rotatable bonds is 6. The molecule has 2 aliphatic heterocycles. The monoisotopic (exact) mass is 397 g/mol. The highest BCUT2D eigenvalue weighted by Gasteiger charge is 2.31. The van der Waals surface area contributed by atoms with Gasteiger partial charge in [-0.25, -0.2) is 0 Å². The first-order valence-corrected chi connectivity index (χ1v) is 11.8. The molecule has 29 heavy (non-hydrogen) atoms. The molecule has 0 radical (unpaired) electrons. The number of nitrogens with one attached hydrogen (secondary N) is 2. The highest BCUT2D eigenvalue weighted by atomic mass is 15.2. The van der Waals surface area contributed by atoms with Crippen molar-refractivity contribution in [1.29, 1.82) is 0 Å². The molecule has 3 fully saturated rings. The Balaban J connectivity index is 1.27. The molecule has 160 valence electrons. The van der Waals surface area contributed by atoms with Crippen molar-refractivity contribution in [3.05, 3.63) is 35.4 Å². The third kappa shape index (κ3) is 6.19. The van der Waals surface area contributed by atoms with Crippen LogP contribution in [-0.2, 0) is 13.1 Å². The molecule has 2 heterocycles. The summed E-state index contributed by atoms with van der Waals surface area (Å²) >= 11 is 0. The molecule has 0 bridgehead atoms. The second kappa shape index (κ2) is 10.4. The van der Waals surface area contributed by atoms with E-state index in [9.17, 15) is 0 Å². The first-order chi connectivity index (χ1) is 14.3. The Bertz CT molecular complexity index is 653. The zero-order chi connectivity index (χ0) is 19.9. The fourth-order valence-electron chi connectivity index (χ4n) is 4.83. The van der Waals surface area contributed by atoms with Crippen LogP contribution in [0.3, 0.4) is 0 Å². The van der Waals surface area contributed by atoms with Crippen LogP contribution in [-0.4, -0.2) is 61.1 Å². The summed E-state index contributed by atoms with van der Waals surface area (Å²) in [5.74, 6) is 0.944. The Kier molecular flexibility index (Phi) is 7.44. The Hall–Kier alpha value is -1.59. The van der Waals surface area contributed by atoms with E-state index in [-0.39, 0.29) is 0 Å². The van der Waals surface area contributed by atoms with E-state index in [4.69, 9.17) is 0 Å². The molecule has 5 nitrogen and oxygen atoms in total. The minimum Gasteiger partial charge on any atom is -0.354 e. The number of hydrogen-bond donors (Lipinski definition) is 2. The van der Waals surface area contributed by atoms with Crippen molar-refractivity contribution in [3.63, 3.8) is 0 Å². The van der Waals surface area contributed by atoms with Gasteiger partial charge in [0.2, 0.25) is 0 Å². The van der Waals surface area contributed by atoms with E-state index < -0.39 is 0 Å². The number of aliphatic imine (C=N–C) groups is 1. The summed E-state index contributed by atoms with van der Waals surface area (Å²) in [6.07, 6.45) is 10.7. The second-order valence-electron chi connectivity index (χ2n) is 9.07. The molecule has 0 atom stereocenters. The number of nitrogens with zero attached hydrogens (tertiary/aromatic N) is 3. The fourth-order valence-corrected chi connectivity index (χ4v) is 4.83. The van der Waals surface area contributed by atoms with Crippen LogP contribution in [0.1, 0.15) is 62.5 Å². The number of guanidine groups is 1. The lowest BCUT2D eigenvalue weighted by Crippen LogP contribution is -2.48. The van der Waals surface area contributed by atoms with Gasteiger partial charge in [0.1, 0.15) is 0 Å². The van der Waals surface area contributed by atoms with Crippen LogP contribution in [0, 0.1) is 0 Å². The molecule has 1 saturated carbocycles. The topological polar surface area (TPSA) is 42.9 Å². The van der Waals surface area contributed by atoms with Gasteiger partial charge in [-0.05, 0) is 62.7 Å². The van der Waals surface area contributed by atoms with Crippen molar-refractivity contribution in [3.8, 4) is 0 Å². The standard InChI is InChI=1S/C24H39N5/c1-25-24(27-22-12-16-29(17-13-22)23-10-11-23)26-18-20-8-4-5-9-21(20)19-28-14-6-2-3-7-15-28/h4-5,8-9,22-23H,2-3,6-7,10-19H2,1H3,(H2,25,26,27). The van der Waals surface area contributed by atoms with E-state index in [1.807, 2.05) is 7.05 Å². The number of hydrogen-bond acceptors (Lipinski definition) is 3. The van der Waals surface area contributed by atoms with Gasteiger partial charge in [-0.3, -0.25) is 9.89 Å². The largest absolute Gasteiger partial charge is 0.354 e. The molecule has 2 saturated heterocycles. The van der Waals surface area contributed by atoms with Gasteiger partial charge in [-0.15, -0.1) is 0 Å². The molecule has 1 aliphatic carbocycles. The SMILES string of the molecule is CN=C(NCc1ccccc1CN1CCCCCC1)NC1CCN(C2CC2)CC1. The summed E-state index contributed by atoms with van der Waals surface area (Å²) in [4.78, 5) is 9.80. The Morgan fingerprint density at radius 2 is 1.62 bits per heavy atom. The van der Waals surface area contributed by atoms with Crippen LogP contribution < -0.4 is 10.6 Å². The first kappa shape index (κ1) is 20.7. The van der Waals surface area contributed by atoms with Crippen LogP contribution in [0.5, 0.6) is 0 Å². The van der Waals surface area contributed by atoms with Crippen molar-refractivity contribution in [2.75, 3.05) is 33.2 Å². The molecule has 1 aromatic carbocycles. The normalized spacial score (nSPS) is 23.0. The van der Waals surface area contributed by atoms with Gasteiger partial charge in [-0.1, -0.05) is 37.1 Å². The molecule has 0 amide bonds. The van der Waals surface area contributed by atoms with Gasteiger partial charge >= 0.3 is 0 Å². The lowest BCUT2D eigenvalue weighted by atomic mass is 10.0. The minimum atomic E-state index is 0.545. The average Bonchev–Trinajstić information content (AvgIpc) is 3.61. The van der Waals surface area contributed by atoms with E-state index in [2.05, 4.69) is 49.7 Å². The third-order valence-electron chi connectivity index (χ3n) is 6.81. The van der Waals surface area contributed by atoms with Crippen molar-refractivity contribution in [2.45, 2.75) is 76.5 Å². The molecule has 0 unspecified atom stereocenters. The lowest BCUT2D eigenvalue weighted by molar-refractivity contribution is 0.197. The molecule has 3 aliphatic rings. The van der Waals surface area contributed by atoms with Gasteiger partial charge < -0.3 is 15.5 Å². The van der Waals surface area contributed by atoms with E-state index >= 15 is 0 Å². The highest BCUT2D eigenvalue weighted by molar-refractivity contribution is 5.80. The van der Waals surface area contributed by atoms with Crippen molar-refractivity contribution in [2.24, 2.45) is 4.99 Å². The van der Waals surface area contributed by atoms with Crippen LogP contribution in [0.15, 0.2) is 29.3 Å². The van der Waals surface area contributed by atoms with Gasteiger partial charge in [0.15, 0.2) is 5.96 Å². The Morgan fingerprint density at radius 1 is 0.931 bits per heavy atom. The van der Waals surface area contributed by atoms with Gasteiger partial charge in [0.25, 0.3) is 0 Å². The average molecular weight is 398 g/mol. The van der Waals surface area contributed by atoms with Crippen molar-refractivity contribution in [1.82, 2.24) is 20.4 Å². The quantitative estimate of drug-likeness (QED) is 0.571. The third-order valence-corrected chi connectivity index (χ3v) is 6.81. The van der Waals surface area contributed by atoms with Crippen LogP contribution >= 0.6 is 0 Å². The highest BCUT2D eigenvalue weighted by Crippen LogP contribution is 2.29. The van der Waals surface area contributed by atoms with Crippen molar-refractivity contribution < 1.29 is 0 Å². The van der Waals surface area contributed by atoms with Gasteiger partial charge in [0.05, 0.1) is 0 Å². The summed E-state index contributed by atoms with van der Waals surface area (Å²) in [6, 6.07) is 10.3. The molecule has 4 rings (SSSR count). The molecule has 0 spiro atoms.